The molecular formula is C39H42F7N11O4. The van der Waals surface area contributed by atoms with E-state index in [1.807, 2.05) is 4.90 Å². The first kappa shape index (κ1) is 41.9. The van der Waals surface area contributed by atoms with Crippen molar-refractivity contribution in [2.75, 3.05) is 79.3 Å². The van der Waals surface area contributed by atoms with E-state index in [1.54, 1.807) is 0 Å². The lowest BCUT2D eigenvalue weighted by Gasteiger charge is -2.46. The zero-order valence-corrected chi connectivity index (χ0v) is 32.6. The molecule has 3 N–H and O–H groups in total. The topological polar surface area (TPSA) is 157 Å². The molecule has 3 aliphatic heterocycles. The molecule has 3 saturated heterocycles. The number of benzene rings is 1. The number of aromatic nitrogens is 4. The summed E-state index contributed by atoms with van der Waals surface area (Å²) in [4.78, 5) is 52.2. The van der Waals surface area contributed by atoms with Crippen molar-refractivity contribution < 1.29 is 49.5 Å². The van der Waals surface area contributed by atoms with Crippen LogP contribution in [0.3, 0.4) is 0 Å². The summed E-state index contributed by atoms with van der Waals surface area (Å²) in [7, 11) is 0. The van der Waals surface area contributed by atoms with Gasteiger partial charge in [0.15, 0.2) is 23.0 Å². The lowest BCUT2D eigenvalue weighted by molar-refractivity contribution is -0.120. The van der Waals surface area contributed by atoms with Gasteiger partial charge < -0.3 is 24.9 Å². The Morgan fingerprint density at radius 2 is 1.67 bits per heavy atom. The van der Waals surface area contributed by atoms with Crippen molar-refractivity contribution in [3.05, 3.63) is 65.9 Å². The van der Waals surface area contributed by atoms with E-state index < -0.39 is 60.0 Å². The van der Waals surface area contributed by atoms with Gasteiger partial charge in [-0.2, -0.15) is 18.3 Å². The van der Waals surface area contributed by atoms with Gasteiger partial charge in [-0.15, -0.1) is 0 Å². The molecule has 0 unspecified atom stereocenters. The Bertz CT molecular complexity index is 2220. The molecule has 4 aliphatic rings. The monoisotopic (exact) mass is 861 g/mol. The van der Waals surface area contributed by atoms with Crippen LogP contribution in [0.2, 0.25) is 0 Å². The van der Waals surface area contributed by atoms with Crippen molar-refractivity contribution >= 4 is 40.7 Å². The van der Waals surface area contributed by atoms with Crippen LogP contribution in [0, 0.1) is 17.6 Å². The zero-order chi connectivity index (χ0) is 43.0. The number of rotatable bonds is 12. The predicted octanol–water partition coefficient (Wildman–Crippen LogP) is 6.06. The maximum absolute atomic E-state index is 15.0. The first-order valence-corrected chi connectivity index (χ1v) is 19.9. The average molecular weight is 862 g/mol. The van der Waals surface area contributed by atoms with Gasteiger partial charge in [-0.05, 0) is 49.9 Å². The third-order valence-electron chi connectivity index (χ3n) is 11.6. The third-order valence-corrected chi connectivity index (χ3v) is 11.6. The number of anilines is 4. The standard InChI is InChI=1S/C39H42F7N11O4/c40-27-14-26(15-28(41)34(27)56-8-6-32(58)51-38(56)60)55-17-22(18-55)16-53-9-11-54(12-10-53)24-1-3-25(4-2-24)57-19-29(33(52-57)35(42)43)49-36(59)30-20-61-37(50-30)23-5-7-47-31(13-23)48-21-39(44,45)46/h5,7,13-15,19-20,22,24-25,35H,1-4,6,8-12,16-18,21H2,(H,47,48)(H,49,59)(H,51,58,60). The van der Waals surface area contributed by atoms with Crippen molar-refractivity contribution in [2.45, 2.75) is 56.8 Å². The Morgan fingerprint density at radius 1 is 0.967 bits per heavy atom. The van der Waals surface area contributed by atoms with Crippen LogP contribution in [0.1, 0.15) is 60.8 Å². The second-order valence-electron chi connectivity index (χ2n) is 15.7. The largest absolute Gasteiger partial charge is 0.444 e. The maximum Gasteiger partial charge on any atom is 0.405 e. The molecule has 6 heterocycles. The highest BCUT2D eigenvalue weighted by molar-refractivity contribution is 6.06. The minimum Gasteiger partial charge on any atom is -0.444 e. The van der Waals surface area contributed by atoms with Crippen LogP contribution in [0.5, 0.6) is 0 Å². The summed E-state index contributed by atoms with van der Waals surface area (Å²) in [5.74, 6) is -2.90. The quantitative estimate of drug-likeness (QED) is 0.142. The normalized spacial score (nSPS) is 20.9. The molecule has 1 aromatic carbocycles. The molecule has 15 nitrogen and oxygen atoms in total. The van der Waals surface area contributed by atoms with Crippen LogP contribution in [0.15, 0.2) is 47.3 Å². The second-order valence-corrected chi connectivity index (χ2v) is 15.7. The van der Waals surface area contributed by atoms with E-state index in [1.165, 1.54) is 41.3 Å². The van der Waals surface area contributed by atoms with Crippen LogP contribution >= 0.6 is 0 Å². The Hall–Kier alpha value is -5.77. The molecule has 0 bridgehead atoms. The van der Waals surface area contributed by atoms with Gasteiger partial charge in [-0.25, -0.2) is 32.3 Å². The molecule has 61 heavy (non-hydrogen) atoms. The van der Waals surface area contributed by atoms with E-state index in [-0.39, 0.29) is 47.7 Å². The van der Waals surface area contributed by atoms with Gasteiger partial charge in [-0.1, -0.05) is 0 Å². The average Bonchev–Trinajstić information content (AvgIpc) is 3.88. The Balaban J connectivity index is 0.787. The molecule has 0 spiro atoms. The van der Waals surface area contributed by atoms with Gasteiger partial charge in [0.05, 0.1) is 11.7 Å². The molecule has 22 heteroatoms. The number of nitrogens with zero attached hydrogens (tertiary/aromatic N) is 8. The van der Waals surface area contributed by atoms with E-state index in [0.29, 0.717) is 43.6 Å². The van der Waals surface area contributed by atoms with Crippen LogP contribution in [-0.4, -0.2) is 119 Å². The molecule has 0 atom stereocenters. The Labute approximate surface area is 344 Å². The number of piperazine rings is 1. The van der Waals surface area contributed by atoms with E-state index in [2.05, 4.69) is 40.8 Å². The highest BCUT2D eigenvalue weighted by Gasteiger charge is 2.35. The first-order valence-electron chi connectivity index (χ1n) is 19.9. The van der Waals surface area contributed by atoms with Gasteiger partial charge in [0.2, 0.25) is 11.8 Å². The summed E-state index contributed by atoms with van der Waals surface area (Å²) < 4.78 is 103. The van der Waals surface area contributed by atoms with Crippen LogP contribution in [-0.2, 0) is 4.79 Å². The minimum absolute atomic E-state index is 0.0439. The van der Waals surface area contributed by atoms with Gasteiger partial charge in [-0.3, -0.25) is 29.4 Å². The van der Waals surface area contributed by atoms with Gasteiger partial charge in [0.1, 0.15) is 24.3 Å². The molecule has 0 radical (unpaired) electrons. The van der Waals surface area contributed by atoms with E-state index in [9.17, 15) is 36.3 Å². The number of oxazole rings is 1. The zero-order valence-electron chi connectivity index (χ0n) is 32.6. The molecule has 8 rings (SSSR count). The number of carbonyl (C=O) groups excluding carboxylic acids is 3. The summed E-state index contributed by atoms with van der Waals surface area (Å²) in [6.07, 6.45) is -0.741. The number of pyridine rings is 1. The molecule has 1 aliphatic carbocycles. The lowest BCUT2D eigenvalue weighted by atomic mass is 9.90. The van der Waals surface area contributed by atoms with Crippen LogP contribution in [0.25, 0.3) is 11.5 Å². The van der Waals surface area contributed by atoms with Crippen molar-refractivity contribution in [1.29, 1.82) is 0 Å². The molecule has 4 fully saturated rings. The van der Waals surface area contributed by atoms with Gasteiger partial charge >= 0.3 is 12.2 Å². The highest BCUT2D eigenvalue weighted by atomic mass is 19.4. The number of hydrogen-bond donors (Lipinski definition) is 3. The fourth-order valence-electron chi connectivity index (χ4n) is 8.43. The molecule has 4 aromatic rings. The molecule has 3 aromatic heterocycles. The van der Waals surface area contributed by atoms with Crippen molar-refractivity contribution in [1.82, 2.24) is 34.9 Å². The first-order chi connectivity index (χ1) is 29.2. The van der Waals surface area contributed by atoms with Crippen LogP contribution < -0.4 is 25.8 Å². The number of hydrogen-bond acceptors (Lipinski definition) is 11. The van der Waals surface area contributed by atoms with E-state index in [0.717, 1.165) is 56.7 Å². The summed E-state index contributed by atoms with van der Waals surface area (Å²) in [5.41, 5.74) is -0.810. The Kier molecular flexibility index (Phi) is 11.9. The summed E-state index contributed by atoms with van der Waals surface area (Å²) >= 11 is 0. The highest BCUT2D eigenvalue weighted by Crippen LogP contribution is 2.36. The number of urea groups is 1. The Morgan fingerprint density at radius 3 is 2.34 bits per heavy atom. The van der Waals surface area contributed by atoms with Crippen molar-refractivity contribution in [3.8, 4) is 11.5 Å². The van der Waals surface area contributed by atoms with Crippen molar-refractivity contribution in [2.24, 2.45) is 5.92 Å². The molecular weight excluding hydrogens is 819 g/mol. The smallest absolute Gasteiger partial charge is 0.405 e. The summed E-state index contributed by atoms with van der Waals surface area (Å²) in [6.45, 7) is 4.19. The van der Waals surface area contributed by atoms with E-state index in [4.69, 9.17) is 4.42 Å². The number of amides is 4. The molecule has 4 amide bonds. The number of nitrogens with one attached hydrogen (secondary N) is 3. The SMILES string of the molecule is O=C1CCN(c2c(F)cc(N3CC(CN4CCN(C5CCC(n6cc(NC(=O)c7coc(-c8ccnc(NCC(F)(F)F)c8)n7)c(C(F)F)n6)CC5)CC4)C3)cc2F)C(=O)N1. The fourth-order valence-corrected chi connectivity index (χ4v) is 8.43. The lowest BCUT2D eigenvalue weighted by Crippen LogP contribution is -2.56. The summed E-state index contributed by atoms with van der Waals surface area (Å²) in [5, 5.41) is 10.8. The third kappa shape index (κ3) is 9.59. The van der Waals surface area contributed by atoms with Gasteiger partial charge in [0, 0.05) is 94.4 Å². The molecule has 326 valence electrons. The summed E-state index contributed by atoms with van der Waals surface area (Å²) in [6, 6.07) is 4.46. The van der Waals surface area contributed by atoms with E-state index >= 15 is 8.78 Å². The number of carbonyl (C=O) groups is 3. The van der Waals surface area contributed by atoms with Crippen LogP contribution in [0.4, 0.5) is 58.4 Å². The second kappa shape index (κ2) is 17.3. The minimum atomic E-state index is -4.46. The maximum atomic E-state index is 15.0. The number of alkyl halides is 5. The van der Waals surface area contributed by atoms with Crippen molar-refractivity contribution in [3.63, 3.8) is 0 Å². The number of imide groups is 1. The fraction of sp³-hybridized carbons (Fsp3) is 0.487. The predicted molar refractivity (Wildman–Crippen MR) is 206 cm³/mol. The number of halogens is 7. The van der Waals surface area contributed by atoms with Gasteiger partial charge in [0.25, 0.3) is 12.3 Å². The molecule has 1 saturated carbocycles.